The first-order valence-electron chi connectivity index (χ1n) is 8.35. The number of amides is 2. The van der Waals surface area contributed by atoms with E-state index in [0.29, 0.717) is 12.1 Å². The minimum atomic E-state index is -0.735. The van der Waals surface area contributed by atoms with Crippen molar-refractivity contribution in [1.29, 1.82) is 0 Å². The molecule has 9 nitrogen and oxygen atoms in total. The van der Waals surface area contributed by atoms with Gasteiger partial charge in [0.05, 0.1) is 11.9 Å². The number of nitrogen functional groups attached to an aromatic ring is 1. The molecule has 0 fully saturated rings. The molecule has 0 saturated carbocycles. The van der Waals surface area contributed by atoms with Gasteiger partial charge in [0, 0.05) is 19.2 Å². The fourth-order valence-corrected chi connectivity index (χ4v) is 2.60. The van der Waals surface area contributed by atoms with Crippen LogP contribution in [0.25, 0.3) is 0 Å². The van der Waals surface area contributed by atoms with Crippen molar-refractivity contribution in [3.8, 4) is 5.75 Å². The van der Waals surface area contributed by atoms with Crippen LogP contribution in [-0.2, 0) is 13.0 Å². The van der Waals surface area contributed by atoms with E-state index in [1.165, 1.54) is 18.5 Å². The van der Waals surface area contributed by atoms with E-state index >= 15 is 0 Å². The predicted octanol–water partition coefficient (Wildman–Crippen LogP) is 0.779. The Bertz CT molecular complexity index is 1040. The van der Waals surface area contributed by atoms with Gasteiger partial charge in [-0.2, -0.15) is 0 Å². The summed E-state index contributed by atoms with van der Waals surface area (Å²) in [6.45, 7) is 0.253. The standard InChI is InChI=1S/C19H18N6O3/c20-17-16(18(21)27)25-13(10-23-17)8-11-3-1-4-12(7-11)9-24-19(28)15-14(26)5-2-6-22-15/h1-7,10,26H,8-9H2,(H2,20,23)(H2,21,27)(H,24,28). The van der Waals surface area contributed by atoms with Gasteiger partial charge in [-0.1, -0.05) is 24.3 Å². The summed E-state index contributed by atoms with van der Waals surface area (Å²) < 4.78 is 0. The summed E-state index contributed by atoms with van der Waals surface area (Å²) in [5, 5.41) is 12.4. The highest BCUT2D eigenvalue weighted by molar-refractivity contribution is 5.95. The van der Waals surface area contributed by atoms with E-state index in [9.17, 15) is 14.7 Å². The maximum absolute atomic E-state index is 12.1. The second-order valence-electron chi connectivity index (χ2n) is 6.01. The zero-order valence-corrected chi connectivity index (χ0v) is 14.8. The molecule has 0 atom stereocenters. The van der Waals surface area contributed by atoms with E-state index in [0.717, 1.165) is 11.1 Å². The number of aromatic hydroxyl groups is 1. The summed E-state index contributed by atoms with van der Waals surface area (Å²) in [5.74, 6) is -1.40. The van der Waals surface area contributed by atoms with Gasteiger partial charge in [-0.05, 0) is 23.3 Å². The summed E-state index contributed by atoms with van der Waals surface area (Å²) in [7, 11) is 0. The quantitative estimate of drug-likeness (QED) is 0.493. The lowest BCUT2D eigenvalue weighted by Gasteiger charge is -2.08. The van der Waals surface area contributed by atoms with Crippen molar-refractivity contribution < 1.29 is 14.7 Å². The van der Waals surface area contributed by atoms with Crippen LogP contribution in [0.15, 0.2) is 48.8 Å². The average molecular weight is 378 g/mol. The molecule has 0 aliphatic carbocycles. The largest absolute Gasteiger partial charge is 0.505 e. The molecular formula is C19H18N6O3. The molecule has 0 saturated heterocycles. The maximum atomic E-state index is 12.1. The van der Waals surface area contributed by atoms with Crippen molar-refractivity contribution in [2.24, 2.45) is 5.73 Å². The molecule has 0 spiro atoms. The Hall–Kier alpha value is -4.01. The summed E-state index contributed by atoms with van der Waals surface area (Å²) in [6.07, 6.45) is 3.33. The Morgan fingerprint density at radius 1 is 1.07 bits per heavy atom. The van der Waals surface area contributed by atoms with E-state index in [1.54, 1.807) is 6.07 Å². The summed E-state index contributed by atoms with van der Waals surface area (Å²) >= 11 is 0. The lowest BCUT2D eigenvalue weighted by atomic mass is 10.1. The third-order valence-electron chi connectivity index (χ3n) is 3.92. The SMILES string of the molecule is NC(=O)c1nc(Cc2cccc(CNC(=O)c3ncccc3O)c2)cnc1N. The monoisotopic (exact) mass is 378 g/mol. The van der Waals surface area contributed by atoms with Crippen LogP contribution in [-0.4, -0.2) is 31.9 Å². The molecule has 0 unspecified atom stereocenters. The second-order valence-corrected chi connectivity index (χ2v) is 6.01. The lowest BCUT2D eigenvalue weighted by molar-refractivity contribution is 0.0941. The van der Waals surface area contributed by atoms with Crippen molar-refractivity contribution in [2.75, 3.05) is 5.73 Å². The third-order valence-corrected chi connectivity index (χ3v) is 3.92. The fourth-order valence-electron chi connectivity index (χ4n) is 2.60. The van der Waals surface area contributed by atoms with E-state index in [4.69, 9.17) is 11.5 Å². The molecule has 2 amide bonds. The van der Waals surface area contributed by atoms with Gasteiger partial charge >= 0.3 is 0 Å². The zero-order valence-electron chi connectivity index (χ0n) is 14.8. The molecule has 3 aromatic rings. The lowest BCUT2D eigenvalue weighted by Crippen LogP contribution is -2.23. The number of nitrogens with zero attached hydrogens (tertiary/aromatic N) is 3. The van der Waals surface area contributed by atoms with Gasteiger partial charge in [-0.25, -0.2) is 15.0 Å². The summed E-state index contributed by atoms with van der Waals surface area (Å²) in [6, 6.07) is 10.4. The number of primary amides is 1. The van der Waals surface area contributed by atoms with Gasteiger partial charge in [-0.3, -0.25) is 9.59 Å². The molecule has 0 bridgehead atoms. The Morgan fingerprint density at radius 3 is 2.61 bits per heavy atom. The number of aromatic nitrogens is 3. The van der Waals surface area contributed by atoms with Crippen molar-refractivity contribution in [1.82, 2.24) is 20.3 Å². The molecule has 142 valence electrons. The van der Waals surface area contributed by atoms with Crippen LogP contribution < -0.4 is 16.8 Å². The number of anilines is 1. The number of nitrogens with two attached hydrogens (primary N) is 2. The maximum Gasteiger partial charge on any atom is 0.273 e. The van der Waals surface area contributed by atoms with Crippen LogP contribution in [0.5, 0.6) is 5.75 Å². The van der Waals surface area contributed by atoms with Crippen LogP contribution in [0.1, 0.15) is 37.8 Å². The van der Waals surface area contributed by atoms with E-state index < -0.39 is 11.8 Å². The van der Waals surface area contributed by atoms with Crippen LogP contribution in [0, 0.1) is 0 Å². The first-order valence-corrected chi connectivity index (χ1v) is 8.35. The van der Waals surface area contributed by atoms with E-state index in [1.807, 2.05) is 24.3 Å². The fraction of sp³-hybridized carbons (Fsp3) is 0.105. The third kappa shape index (κ3) is 4.39. The number of pyridine rings is 1. The summed E-state index contributed by atoms with van der Waals surface area (Å²) in [5.41, 5.74) is 13.0. The molecule has 9 heteroatoms. The Kier molecular flexibility index (Phi) is 5.45. The van der Waals surface area contributed by atoms with Gasteiger partial charge in [-0.15, -0.1) is 0 Å². The Morgan fingerprint density at radius 2 is 1.86 bits per heavy atom. The first-order chi connectivity index (χ1) is 13.4. The number of hydrogen-bond acceptors (Lipinski definition) is 7. The minimum absolute atomic E-state index is 0.00881. The molecule has 1 aromatic carbocycles. The highest BCUT2D eigenvalue weighted by Gasteiger charge is 2.13. The number of benzene rings is 1. The van der Waals surface area contributed by atoms with Gasteiger partial charge in [0.15, 0.2) is 17.2 Å². The van der Waals surface area contributed by atoms with Gasteiger partial charge in [0.2, 0.25) is 0 Å². The number of carbonyl (C=O) groups is 2. The van der Waals surface area contributed by atoms with Crippen molar-refractivity contribution in [2.45, 2.75) is 13.0 Å². The van der Waals surface area contributed by atoms with Crippen LogP contribution >= 0.6 is 0 Å². The molecule has 0 aliphatic rings. The topological polar surface area (TPSA) is 157 Å². The van der Waals surface area contributed by atoms with E-state index in [-0.39, 0.29) is 29.5 Å². The van der Waals surface area contributed by atoms with Gasteiger partial charge in [0.25, 0.3) is 11.8 Å². The average Bonchev–Trinajstić information content (AvgIpc) is 2.68. The van der Waals surface area contributed by atoms with Crippen LogP contribution in [0.3, 0.4) is 0 Å². The number of rotatable bonds is 6. The van der Waals surface area contributed by atoms with Crippen LogP contribution in [0.4, 0.5) is 5.82 Å². The van der Waals surface area contributed by atoms with Gasteiger partial charge in [0.1, 0.15) is 5.75 Å². The van der Waals surface area contributed by atoms with Crippen molar-refractivity contribution in [3.05, 3.63) is 77.0 Å². The zero-order chi connectivity index (χ0) is 20.1. The molecule has 2 heterocycles. The Balaban J connectivity index is 1.69. The highest BCUT2D eigenvalue weighted by Crippen LogP contribution is 2.14. The number of carbonyl (C=O) groups excluding carboxylic acids is 2. The minimum Gasteiger partial charge on any atom is -0.505 e. The number of hydrogen-bond donors (Lipinski definition) is 4. The Labute approximate surface area is 160 Å². The normalized spacial score (nSPS) is 10.4. The van der Waals surface area contributed by atoms with Crippen molar-refractivity contribution in [3.63, 3.8) is 0 Å². The van der Waals surface area contributed by atoms with E-state index in [2.05, 4.69) is 20.3 Å². The second kappa shape index (κ2) is 8.12. The molecule has 0 aliphatic heterocycles. The molecule has 28 heavy (non-hydrogen) atoms. The number of nitrogens with one attached hydrogen (secondary N) is 1. The smallest absolute Gasteiger partial charge is 0.273 e. The molecule has 3 rings (SSSR count). The highest BCUT2D eigenvalue weighted by atomic mass is 16.3. The molecule has 2 aromatic heterocycles. The molecule has 6 N–H and O–H groups in total. The van der Waals surface area contributed by atoms with Crippen LogP contribution in [0.2, 0.25) is 0 Å². The molecular weight excluding hydrogens is 360 g/mol. The predicted molar refractivity (Wildman–Crippen MR) is 101 cm³/mol. The van der Waals surface area contributed by atoms with Gasteiger partial charge < -0.3 is 21.9 Å². The van der Waals surface area contributed by atoms with Crippen molar-refractivity contribution >= 4 is 17.6 Å². The molecule has 0 radical (unpaired) electrons. The summed E-state index contributed by atoms with van der Waals surface area (Å²) in [4.78, 5) is 35.5. The first kappa shape index (κ1) is 18.8.